The first-order valence-electron chi connectivity index (χ1n) is 8.08. The molecule has 0 atom stereocenters. The monoisotopic (exact) mass is 445 g/mol. The van der Waals surface area contributed by atoms with Crippen LogP contribution in [0.5, 0.6) is 0 Å². The topological polar surface area (TPSA) is 91.0 Å². The van der Waals surface area contributed by atoms with Crippen LogP contribution in [0.4, 0.5) is 5.95 Å². The van der Waals surface area contributed by atoms with Crippen molar-refractivity contribution in [2.24, 2.45) is 10.7 Å². The van der Waals surface area contributed by atoms with Crippen LogP contribution in [-0.2, 0) is 4.79 Å². The summed E-state index contributed by atoms with van der Waals surface area (Å²) in [6, 6.07) is 1.81. The molecule has 2 saturated heterocycles. The van der Waals surface area contributed by atoms with Gasteiger partial charge in [-0.15, -0.1) is 24.0 Å². The number of carbonyl (C=O) groups is 1. The van der Waals surface area contributed by atoms with E-state index in [1.807, 2.05) is 15.9 Å². The second-order valence-corrected chi connectivity index (χ2v) is 5.79. The first-order chi connectivity index (χ1) is 11.2. The van der Waals surface area contributed by atoms with Gasteiger partial charge < -0.3 is 20.4 Å². The molecule has 2 aliphatic rings. The molecule has 0 saturated carbocycles. The van der Waals surface area contributed by atoms with Gasteiger partial charge in [0, 0.05) is 51.7 Å². The van der Waals surface area contributed by atoms with Crippen LogP contribution in [0.15, 0.2) is 23.5 Å². The molecular formula is C15H24IN7O. The van der Waals surface area contributed by atoms with Gasteiger partial charge in [0.25, 0.3) is 0 Å². The zero-order chi connectivity index (χ0) is 16.1. The van der Waals surface area contributed by atoms with Crippen molar-refractivity contribution in [1.29, 1.82) is 0 Å². The first kappa shape index (κ1) is 18.7. The quantitative estimate of drug-likeness (QED) is 0.405. The zero-order valence-corrected chi connectivity index (χ0v) is 16.0. The van der Waals surface area contributed by atoms with E-state index in [4.69, 9.17) is 5.73 Å². The van der Waals surface area contributed by atoms with Crippen molar-refractivity contribution < 1.29 is 4.79 Å². The molecule has 2 N–H and O–H groups in total. The molecule has 0 spiro atoms. The number of hydrogen-bond donors (Lipinski definition) is 1. The summed E-state index contributed by atoms with van der Waals surface area (Å²) in [5, 5.41) is 0. The Hall–Kier alpha value is -1.65. The maximum atomic E-state index is 12.0. The van der Waals surface area contributed by atoms with Gasteiger partial charge >= 0.3 is 0 Å². The van der Waals surface area contributed by atoms with E-state index < -0.39 is 0 Å². The number of hydrogen-bond acceptors (Lipinski definition) is 5. The third-order valence-electron chi connectivity index (χ3n) is 4.27. The van der Waals surface area contributed by atoms with Crippen molar-refractivity contribution in [2.45, 2.75) is 12.8 Å². The number of rotatable bonds is 3. The van der Waals surface area contributed by atoms with Crippen molar-refractivity contribution in [3.05, 3.63) is 18.5 Å². The maximum Gasteiger partial charge on any atom is 0.244 e. The summed E-state index contributed by atoms with van der Waals surface area (Å²) in [7, 11) is 0. The highest BCUT2D eigenvalue weighted by Gasteiger charge is 2.21. The minimum Gasteiger partial charge on any atom is -0.370 e. The molecule has 1 aromatic heterocycles. The Labute approximate surface area is 159 Å². The molecule has 2 aliphatic heterocycles. The van der Waals surface area contributed by atoms with Crippen LogP contribution < -0.4 is 10.6 Å². The molecule has 0 radical (unpaired) electrons. The second-order valence-electron chi connectivity index (χ2n) is 5.79. The molecule has 24 heavy (non-hydrogen) atoms. The van der Waals surface area contributed by atoms with E-state index in [2.05, 4.69) is 19.9 Å². The summed E-state index contributed by atoms with van der Waals surface area (Å²) in [4.78, 5) is 30.8. The number of nitrogens with zero attached hydrogens (tertiary/aromatic N) is 6. The van der Waals surface area contributed by atoms with Gasteiger partial charge in [-0.2, -0.15) is 0 Å². The highest BCUT2D eigenvalue weighted by atomic mass is 127. The van der Waals surface area contributed by atoms with Crippen LogP contribution in [0, 0.1) is 0 Å². The van der Waals surface area contributed by atoms with Crippen LogP contribution in [0.2, 0.25) is 0 Å². The third-order valence-corrected chi connectivity index (χ3v) is 4.27. The summed E-state index contributed by atoms with van der Waals surface area (Å²) in [5.41, 5.74) is 6.03. The number of nitrogens with two attached hydrogens (primary N) is 1. The van der Waals surface area contributed by atoms with E-state index in [1.165, 1.54) is 0 Å². The van der Waals surface area contributed by atoms with Gasteiger partial charge in [0.15, 0.2) is 5.96 Å². The van der Waals surface area contributed by atoms with Crippen molar-refractivity contribution in [2.75, 3.05) is 50.7 Å². The minimum atomic E-state index is 0. The lowest BCUT2D eigenvalue weighted by Gasteiger charge is -2.35. The maximum absolute atomic E-state index is 12.0. The molecule has 0 aliphatic carbocycles. The smallest absolute Gasteiger partial charge is 0.244 e. The predicted octanol–water partition coefficient (Wildman–Crippen LogP) is 0.154. The fourth-order valence-corrected chi connectivity index (χ4v) is 2.91. The standard InChI is InChI=1S/C15H23N7O.HI/c16-14(19-12-13(23)20-6-1-2-7-20)21-8-10-22(11-9-21)15-17-4-3-5-18-15;/h3-5H,1-2,6-12H2,(H2,16,19);1H. The van der Waals surface area contributed by atoms with Gasteiger partial charge in [0.2, 0.25) is 11.9 Å². The zero-order valence-electron chi connectivity index (χ0n) is 13.7. The number of aliphatic imine (C=N–C) groups is 1. The highest BCUT2D eigenvalue weighted by molar-refractivity contribution is 14.0. The molecular weight excluding hydrogens is 421 g/mol. The van der Waals surface area contributed by atoms with E-state index in [9.17, 15) is 4.79 Å². The van der Waals surface area contributed by atoms with Crippen LogP contribution in [-0.4, -0.2) is 77.4 Å². The van der Waals surface area contributed by atoms with Gasteiger partial charge in [-0.1, -0.05) is 0 Å². The van der Waals surface area contributed by atoms with E-state index >= 15 is 0 Å². The largest absolute Gasteiger partial charge is 0.370 e. The van der Waals surface area contributed by atoms with Gasteiger partial charge in [0.05, 0.1) is 0 Å². The Balaban J connectivity index is 0.00000208. The first-order valence-corrected chi connectivity index (χ1v) is 8.08. The number of guanidine groups is 1. The lowest BCUT2D eigenvalue weighted by Crippen LogP contribution is -2.51. The summed E-state index contributed by atoms with van der Waals surface area (Å²) in [6.07, 6.45) is 5.67. The van der Waals surface area contributed by atoms with Crippen molar-refractivity contribution >= 4 is 41.8 Å². The number of amides is 1. The Morgan fingerprint density at radius 2 is 1.67 bits per heavy atom. The lowest BCUT2D eigenvalue weighted by atomic mass is 10.3. The van der Waals surface area contributed by atoms with E-state index in [0.717, 1.165) is 58.1 Å². The highest BCUT2D eigenvalue weighted by Crippen LogP contribution is 2.10. The summed E-state index contributed by atoms with van der Waals surface area (Å²) < 4.78 is 0. The average Bonchev–Trinajstić information content (AvgIpc) is 3.15. The van der Waals surface area contributed by atoms with E-state index in [0.29, 0.717) is 5.96 Å². The normalized spacial score (nSPS) is 18.5. The number of carbonyl (C=O) groups excluding carboxylic acids is 1. The molecule has 3 heterocycles. The van der Waals surface area contributed by atoms with Crippen molar-refractivity contribution in [1.82, 2.24) is 19.8 Å². The Kier molecular flexibility index (Phi) is 7.00. The number of halogens is 1. The van der Waals surface area contributed by atoms with Gasteiger partial charge in [-0.25, -0.2) is 15.0 Å². The van der Waals surface area contributed by atoms with Crippen LogP contribution >= 0.6 is 24.0 Å². The molecule has 1 amide bonds. The SMILES string of the molecule is I.NC(=NCC(=O)N1CCCC1)N1CCN(c2ncccn2)CC1. The van der Waals surface area contributed by atoms with Crippen LogP contribution in [0.1, 0.15) is 12.8 Å². The Morgan fingerprint density at radius 1 is 1.04 bits per heavy atom. The van der Waals surface area contributed by atoms with Gasteiger partial charge in [0.1, 0.15) is 6.54 Å². The molecule has 3 rings (SSSR count). The minimum absolute atomic E-state index is 0. The predicted molar refractivity (Wildman–Crippen MR) is 104 cm³/mol. The van der Waals surface area contributed by atoms with E-state index in [1.54, 1.807) is 12.4 Å². The van der Waals surface area contributed by atoms with E-state index in [-0.39, 0.29) is 36.4 Å². The number of anilines is 1. The van der Waals surface area contributed by atoms with Crippen molar-refractivity contribution in [3.8, 4) is 0 Å². The summed E-state index contributed by atoms with van der Waals surface area (Å²) >= 11 is 0. The third kappa shape index (κ3) is 4.68. The number of piperazine rings is 1. The fourth-order valence-electron chi connectivity index (χ4n) is 2.91. The van der Waals surface area contributed by atoms with Gasteiger partial charge in [-0.05, 0) is 18.9 Å². The molecule has 2 fully saturated rings. The molecule has 0 aromatic carbocycles. The molecule has 9 heteroatoms. The Bertz CT molecular complexity index is 554. The van der Waals surface area contributed by atoms with Crippen LogP contribution in [0.25, 0.3) is 0 Å². The number of aromatic nitrogens is 2. The molecule has 0 unspecified atom stereocenters. The summed E-state index contributed by atoms with van der Waals surface area (Å²) in [6.45, 7) is 4.94. The molecule has 0 bridgehead atoms. The molecule has 1 aromatic rings. The fraction of sp³-hybridized carbons (Fsp3) is 0.600. The Morgan fingerprint density at radius 3 is 2.29 bits per heavy atom. The second kappa shape index (κ2) is 9.00. The lowest BCUT2D eigenvalue weighted by molar-refractivity contribution is -0.128. The van der Waals surface area contributed by atoms with Crippen LogP contribution in [0.3, 0.4) is 0 Å². The molecule has 8 nitrogen and oxygen atoms in total. The average molecular weight is 445 g/mol. The number of likely N-dealkylation sites (tertiary alicyclic amines) is 1. The molecule has 132 valence electrons. The van der Waals surface area contributed by atoms with Gasteiger partial charge in [-0.3, -0.25) is 4.79 Å². The summed E-state index contributed by atoms with van der Waals surface area (Å²) in [5.74, 6) is 1.26. The van der Waals surface area contributed by atoms with Crippen molar-refractivity contribution in [3.63, 3.8) is 0 Å².